The lowest BCUT2D eigenvalue weighted by Crippen LogP contribution is -2.36. The van der Waals surface area contributed by atoms with E-state index in [1.165, 1.54) is 18.4 Å². The van der Waals surface area contributed by atoms with Crippen LogP contribution in [-0.2, 0) is 0 Å². The first-order valence-electron chi connectivity index (χ1n) is 5.18. The number of nitrogens with zero attached hydrogens (tertiary/aromatic N) is 2. The minimum atomic E-state index is 0.598. The van der Waals surface area contributed by atoms with E-state index in [0.717, 1.165) is 23.4 Å². The number of rotatable bonds is 1. The lowest BCUT2D eigenvalue weighted by molar-refractivity contribution is 0.590. The van der Waals surface area contributed by atoms with Crippen LogP contribution in [-0.4, -0.2) is 22.9 Å². The van der Waals surface area contributed by atoms with Gasteiger partial charge in [-0.05, 0) is 47.3 Å². The van der Waals surface area contributed by atoms with Crippen molar-refractivity contribution in [1.29, 1.82) is 0 Å². The number of piperidine rings is 1. The Morgan fingerprint density at radius 3 is 3.07 bits per heavy atom. The molecule has 1 aliphatic rings. The molecule has 0 bridgehead atoms. The van der Waals surface area contributed by atoms with Crippen molar-refractivity contribution in [3.63, 3.8) is 0 Å². The average Bonchev–Trinajstić information content (AvgIpc) is 2.22. The Morgan fingerprint density at radius 1 is 1.53 bits per heavy atom. The maximum absolute atomic E-state index is 4.46. The third kappa shape index (κ3) is 2.53. The summed E-state index contributed by atoms with van der Waals surface area (Å²) in [6.07, 6.45) is 4.38. The van der Waals surface area contributed by atoms with Gasteiger partial charge in [0.05, 0.1) is 4.47 Å². The topological polar surface area (TPSA) is 16.1 Å². The van der Waals surface area contributed by atoms with Crippen molar-refractivity contribution in [2.75, 3.05) is 18.0 Å². The van der Waals surface area contributed by atoms with E-state index < -0.39 is 0 Å². The Kier molecular flexibility index (Phi) is 3.67. The number of alkyl halides is 1. The van der Waals surface area contributed by atoms with Crippen molar-refractivity contribution in [2.24, 2.45) is 0 Å². The van der Waals surface area contributed by atoms with Gasteiger partial charge >= 0.3 is 0 Å². The van der Waals surface area contributed by atoms with Gasteiger partial charge in [0.25, 0.3) is 0 Å². The summed E-state index contributed by atoms with van der Waals surface area (Å²) < 4.78 is 1.13. The summed E-state index contributed by atoms with van der Waals surface area (Å²) in [5.41, 5.74) is 1.25. The predicted octanol–water partition coefficient (Wildman–Crippen LogP) is 3.52. The van der Waals surface area contributed by atoms with E-state index in [9.17, 15) is 0 Å². The summed E-state index contributed by atoms with van der Waals surface area (Å²) in [7, 11) is 0. The smallest absolute Gasteiger partial charge is 0.143 e. The van der Waals surface area contributed by atoms with Crippen LogP contribution in [0.15, 0.2) is 16.7 Å². The highest BCUT2D eigenvalue weighted by Gasteiger charge is 2.20. The second-order valence-corrected chi connectivity index (χ2v) is 6.04. The van der Waals surface area contributed by atoms with Crippen molar-refractivity contribution >= 4 is 37.7 Å². The Hall–Kier alpha value is -0.0900. The minimum absolute atomic E-state index is 0.598. The van der Waals surface area contributed by atoms with Gasteiger partial charge in [-0.25, -0.2) is 4.98 Å². The second kappa shape index (κ2) is 4.83. The van der Waals surface area contributed by atoms with E-state index in [0.29, 0.717) is 4.83 Å². The summed E-state index contributed by atoms with van der Waals surface area (Å²) in [5, 5.41) is 0. The van der Waals surface area contributed by atoms with Gasteiger partial charge in [-0.3, -0.25) is 0 Å². The maximum atomic E-state index is 4.46. The third-order valence-corrected chi connectivity index (χ3v) is 4.45. The molecule has 1 saturated heterocycles. The van der Waals surface area contributed by atoms with Crippen LogP contribution in [0.4, 0.5) is 5.82 Å². The largest absolute Gasteiger partial charge is 0.355 e. The maximum Gasteiger partial charge on any atom is 0.143 e. The molecule has 0 amide bonds. The molecule has 0 aromatic carbocycles. The highest BCUT2D eigenvalue weighted by Crippen LogP contribution is 2.30. The van der Waals surface area contributed by atoms with E-state index in [2.05, 4.69) is 48.7 Å². The van der Waals surface area contributed by atoms with Crippen LogP contribution in [0, 0.1) is 6.92 Å². The molecule has 1 atom stereocenters. The molecule has 1 unspecified atom stereocenters. The Morgan fingerprint density at radius 2 is 2.33 bits per heavy atom. The SMILES string of the molecule is Cc1ccnc(N2CCCC(Br)C2)c1Br. The van der Waals surface area contributed by atoms with E-state index in [4.69, 9.17) is 0 Å². The van der Waals surface area contributed by atoms with Crippen LogP contribution in [0.3, 0.4) is 0 Å². The van der Waals surface area contributed by atoms with Crippen molar-refractivity contribution in [3.8, 4) is 0 Å². The number of aryl methyl sites for hydroxylation is 1. The van der Waals surface area contributed by atoms with Gasteiger partial charge in [0.15, 0.2) is 0 Å². The molecule has 2 nitrogen and oxygen atoms in total. The molecule has 0 spiro atoms. The monoisotopic (exact) mass is 332 g/mol. The molecule has 15 heavy (non-hydrogen) atoms. The molecule has 2 heterocycles. The predicted molar refractivity (Wildman–Crippen MR) is 70.8 cm³/mol. The highest BCUT2D eigenvalue weighted by atomic mass is 79.9. The van der Waals surface area contributed by atoms with Crippen LogP contribution < -0.4 is 4.90 Å². The lowest BCUT2D eigenvalue weighted by atomic mass is 10.1. The average molecular weight is 334 g/mol. The molecular formula is C11H14Br2N2. The van der Waals surface area contributed by atoms with Gasteiger partial charge in [-0.2, -0.15) is 0 Å². The quantitative estimate of drug-likeness (QED) is 0.731. The number of pyridine rings is 1. The van der Waals surface area contributed by atoms with Gasteiger partial charge in [0.1, 0.15) is 5.82 Å². The molecule has 0 N–H and O–H groups in total. The summed E-state index contributed by atoms with van der Waals surface area (Å²) in [6, 6.07) is 2.03. The third-order valence-electron chi connectivity index (χ3n) is 2.73. The number of anilines is 1. The Labute approximate surface area is 107 Å². The molecule has 1 fully saturated rings. The van der Waals surface area contributed by atoms with Gasteiger partial charge in [-0.1, -0.05) is 15.9 Å². The van der Waals surface area contributed by atoms with E-state index in [1.54, 1.807) is 0 Å². The van der Waals surface area contributed by atoms with Crippen molar-refractivity contribution in [1.82, 2.24) is 4.98 Å². The van der Waals surface area contributed by atoms with Crippen molar-refractivity contribution in [3.05, 3.63) is 22.3 Å². The lowest BCUT2D eigenvalue weighted by Gasteiger charge is -2.31. The molecule has 4 heteroatoms. The van der Waals surface area contributed by atoms with Crippen LogP contribution in [0.25, 0.3) is 0 Å². The zero-order valence-electron chi connectivity index (χ0n) is 8.71. The number of halogens is 2. The number of aromatic nitrogens is 1. The first kappa shape index (κ1) is 11.4. The fourth-order valence-corrected chi connectivity index (χ4v) is 3.02. The molecule has 82 valence electrons. The highest BCUT2D eigenvalue weighted by molar-refractivity contribution is 9.10. The van der Waals surface area contributed by atoms with Crippen molar-refractivity contribution in [2.45, 2.75) is 24.6 Å². The molecule has 0 radical (unpaired) electrons. The molecule has 1 aromatic heterocycles. The zero-order chi connectivity index (χ0) is 10.8. The molecule has 1 aliphatic heterocycles. The van der Waals surface area contributed by atoms with Gasteiger partial charge in [-0.15, -0.1) is 0 Å². The van der Waals surface area contributed by atoms with Gasteiger partial charge in [0.2, 0.25) is 0 Å². The second-order valence-electron chi connectivity index (χ2n) is 3.95. The first-order chi connectivity index (χ1) is 7.18. The molecule has 0 aliphatic carbocycles. The summed E-state index contributed by atoms with van der Waals surface area (Å²) in [6.45, 7) is 4.26. The summed E-state index contributed by atoms with van der Waals surface area (Å²) in [4.78, 5) is 7.40. The van der Waals surface area contributed by atoms with Crippen LogP contribution in [0.2, 0.25) is 0 Å². The fraction of sp³-hybridized carbons (Fsp3) is 0.545. The van der Waals surface area contributed by atoms with E-state index in [1.807, 2.05) is 12.3 Å². The van der Waals surface area contributed by atoms with Crippen molar-refractivity contribution < 1.29 is 0 Å². The Bertz CT molecular complexity index is 354. The van der Waals surface area contributed by atoms with Gasteiger partial charge in [0, 0.05) is 24.1 Å². The summed E-state index contributed by atoms with van der Waals surface area (Å²) >= 11 is 7.30. The zero-order valence-corrected chi connectivity index (χ0v) is 11.9. The first-order valence-corrected chi connectivity index (χ1v) is 6.89. The normalized spacial score (nSPS) is 21.8. The minimum Gasteiger partial charge on any atom is -0.355 e. The Balaban J connectivity index is 2.24. The van der Waals surface area contributed by atoms with Crippen LogP contribution in [0.1, 0.15) is 18.4 Å². The molecule has 2 rings (SSSR count). The van der Waals surface area contributed by atoms with Gasteiger partial charge < -0.3 is 4.90 Å². The molecular weight excluding hydrogens is 320 g/mol. The van der Waals surface area contributed by atoms with Crippen LogP contribution >= 0.6 is 31.9 Å². The van der Waals surface area contributed by atoms with E-state index in [-0.39, 0.29) is 0 Å². The molecule has 0 saturated carbocycles. The molecule has 1 aromatic rings. The van der Waals surface area contributed by atoms with E-state index >= 15 is 0 Å². The number of hydrogen-bond donors (Lipinski definition) is 0. The standard InChI is InChI=1S/C11H14Br2N2/c1-8-4-5-14-11(10(8)13)15-6-2-3-9(12)7-15/h4-5,9H,2-3,6-7H2,1H3. The summed E-state index contributed by atoms with van der Waals surface area (Å²) in [5.74, 6) is 1.08. The van der Waals surface area contributed by atoms with Crippen LogP contribution in [0.5, 0.6) is 0 Å². The fourth-order valence-electron chi connectivity index (χ4n) is 1.86. The number of hydrogen-bond acceptors (Lipinski definition) is 2.